The molecule has 4 rings (SSSR count). The van der Waals surface area contributed by atoms with Gasteiger partial charge in [0.15, 0.2) is 0 Å². The van der Waals surface area contributed by atoms with Crippen molar-refractivity contribution in [3.63, 3.8) is 0 Å². The van der Waals surface area contributed by atoms with E-state index in [0.29, 0.717) is 0 Å². The van der Waals surface area contributed by atoms with Gasteiger partial charge in [0.1, 0.15) is 5.65 Å². The summed E-state index contributed by atoms with van der Waals surface area (Å²) in [6, 6.07) is 14.8. The molecule has 0 bridgehead atoms. The summed E-state index contributed by atoms with van der Waals surface area (Å²) in [5.41, 5.74) is 3.29. The van der Waals surface area contributed by atoms with Gasteiger partial charge in [-0.1, -0.05) is 24.3 Å². The van der Waals surface area contributed by atoms with Gasteiger partial charge in [0.2, 0.25) is 0 Å². The van der Waals surface area contributed by atoms with Crippen LogP contribution in [0.1, 0.15) is 5.56 Å². The summed E-state index contributed by atoms with van der Waals surface area (Å²) in [4.78, 5) is 5.98. The van der Waals surface area contributed by atoms with Gasteiger partial charge in [0.05, 0.1) is 10.6 Å². The lowest BCUT2D eigenvalue weighted by Crippen LogP contribution is -1.83. The molecule has 0 amide bonds. The number of nitrogens with zero attached hydrogens (tertiary/aromatic N) is 2. The zero-order valence-corrected chi connectivity index (χ0v) is 11.3. The highest BCUT2D eigenvalue weighted by atomic mass is 32.1. The first-order valence-electron chi connectivity index (χ1n) is 6.24. The molecule has 0 unspecified atom stereocenters. The molecule has 19 heavy (non-hydrogen) atoms. The van der Waals surface area contributed by atoms with Crippen LogP contribution < -0.4 is 0 Å². The van der Waals surface area contributed by atoms with Crippen LogP contribution in [0.3, 0.4) is 0 Å². The van der Waals surface area contributed by atoms with Gasteiger partial charge in [-0.2, -0.15) is 0 Å². The zero-order valence-electron chi connectivity index (χ0n) is 10.5. The zero-order chi connectivity index (χ0) is 12.8. The summed E-state index contributed by atoms with van der Waals surface area (Å²) in [7, 11) is 0. The van der Waals surface area contributed by atoms with E-state index in [4.69, 9.17) is 4.98 Å². The first kappa shape index (κ1) is 10.8. The third-order valence-corrected chi connectivity index (χ3v) is 4.49. The van der Waals surface area contributed by atoms with Crippen molar-refractivity contribution < 1.29 is 0 Å². The molecule has 0 aliphatic heterocycles. The average Bonchev–Trinajstić information content (AvgIpc) is 3.02. The molecule has 3 aromatic heterocycles. The molecule has 1 aromatic carbocycles. The lowest BCUT2D eigenvalue weighted by atomic mass is 10.2. The quantitative estimate of drug-likeness (QED) is 0.494. The minimum atomic E-state index is 1.04. The van der Waals surface area contributed by atoms with Crippen molar-refractivity contribution >= 4 is 27.1 Å². The smallest absolute Gasteiger partial charge is 0.140 e. The Morgan fingerprint density at radius 2 is 2.00 bits per heavy atom. The maximum Gasteiger partial charge on any atom is 0.140 e. The van der Waals surface area contributed by atoms with Gasteiger partial charge >= 0.3 is 0 Å². The fraction of sp³-hybridized carbons (Fsp3) is 0.0625. The second kappa shape index (κ2) is 3.93. The van der Waals surface area contributed by atoms with Crippen molar-refractivity contribution in [2.75, 3.05) is 0 Å². The molecule has 0 N–H and O–H groups in total. The van der Waals surface area contributed by atoms with Gasteiger partial charge in [-0.05, 0) is 36.1 Å². The molecule has 0 radical (unpaired) electrons. The maximum atomic E-state index is 4.75. The van der Waals surface area contributed by atoms with E-state index in [-0.39, 0.29) is 0 Å². The number of aryl methyl sites for hydroxylation is 1. The number of imidazole rings is 1. The Balaban J connectivity index is 1.96. The van der Waals surface area contributed by atoms with Crippen LogP contribution in [0.2, 0.25) is 0 Å². The number of rotatable bonds is 1. The molecule has 0 aliphatic rings. The van der Waals surface area contributed by atoms with Gasteiger partial charge in [0, 0.05) is 17.1 Å². The number of pyridine rings is 1. The monoisotopic (exact) mass is 264 g/mol. The van der Waals surface area contributed by atoms with E-state index in [1.54, 1.807) is 11.3 Å². The van der Waals surface area contributed by atoms with Crippen LogP contribution in [0, 0.1) is 6.92 Å². The highest BCUT2D eigenvalue weighted by Gasteiger charge is 2.09. The van der Waals surface area contributed by atoms with Gasteiger partial charge in [-0.25, -0.2) is 4.98 Å². The first-order valence-corrected chi connectivity index (χ1v) is 7.06. The highest BCUT2D eigenvalue weighted by molar-refractivity contribution is 7.22. The molecule has 4 aromatic rings. The van der Waals surface area contributed by atoms with E-state index in [2.05, 4.69) is 60.0 Å². The second-order valence-electron chi connectivity index (χ2n) is 4.70. The molecule has 3 heteroatoms. The lowest BCUT2D eigenvalue weighted by Gasteiger charge is -1.93. The summed E-state index contributed by atoms with van der Waals surface area (Å²) in [6.45, 7) is 2.09. The van der Waals surface area contributed by atoms with E-state index >= 15 is 0 Å². The standard InChI is InChI=1S/C16H12N2S/c1-11-5-4-8-18-10-13(17-16(11)18)15-9-12-6-2-3-7-14(12)19-15/h2-10H,1H3. The molecule has 0 saturated heterocycles. The van der Waals surface area contributed by atoms with Gasteiger partial charge in [-0.3, -0.25) is 0 Å². The Morgan fingerprint density at radius 1 is 1.11 bits per heavy atom. The molecule has 92 valence electrons. The number of hydrogen-bond donors (Lipinski definition) is 0. The normalized spacial score (nSPS) is 11.4. The maximum absolute atomic E-state index is 4.75. The summed E-state index contributed by atoms with van der Waals surface area (Å²) >= 11 is 1.80. The van der Waals surface area contributed by atoms with E-state index in [9.17, 15) is 0 Å². The summed E-state index contributed by atoms with van der Waals surface area (Å²) in [5, 5.41) is 1.29. The Hall–Kier alpha value is -2.13. The fourth-order valence-corrected chi connectivity index (χ4v) is 3.40. The highest BCUT2D eigenvalue weighted by Crippen LogP contribution is 2.33. The van der Waals surface area contributed by atoms with Crippen molar-refractivity contribution in [1.82, 2.24) is 9.38 Å². The van der Waals surface area contributed by atoms with Crippen molar-refractivity contribution in [1.29, 1.82) is 0 Å². The van der Waals surface area contributed by atoms with Gasteiger partial charge in [-0.15, -0.1) is 11.3 Å². The van der Waals surface area contributed by atoms with Crippen molar-refractivity contribution in [3.05, 3.63) is 60.4 Å². The second-order valence-corrected chi connectivity index (χ2v) is 5.78. The third-order valence-electron chi connectivity index (χ3n) is 3.36. The molecular weight excluding hydrogens is 252 g/mol. The lowest BCUT2D eigenvalue weighted by molar-refractivity contribution is 1.16. The topological polar surface area (TPSA) is 17.3 Å². The van der Waals surface area contributed by atoms with Crippen molar-refractivity contribution in [2.45, 2.75) is 6.92 Å². The van der Waals surface area contributed by atoms with E-state index in [1.165, 1.54) is 20.5 Å². The van der Waals surface area contributed by atoms with E-state index < -0.39 is 0 Å². The first-order chi connectivity index (χ1) is 9.31. The van der Waals surface area contributed by atoms with Crippen LogP contribution >= 0.6 is 11.3 Å². The van der Waals surface area contributed by atoms with Crippen molar-refractivity contribution in [3.8, 4) is 10.6 Å². The molecular formula is C16H12N2S. The molecule has 0 saturated carbocycles. The molecule has 0 aliphatic carbocycles. The van der Waals surface area contributed by atoms with Crippen LogP contribution in [0.5, 0.6) is 0 Å². The fourth-order valence-electron chi connectivity index (χ4n) is 2.38. The largest absolute Gasteiger partial charge is 0.306 e. The van der Waals surface area contributed by atoms with E-state index in [0.717, 1.165) is 11.3 Å². The molecule has 0 atom stereocenters. The van der Waals surface area contributed by atoms with Gasteiger partial charge < -0.3 is 4.40 Å². The predicted molar refractivity (Wildman–Crippen MR) is 80.7 cm³/mol. The molecule has 0 spiro atoms. The number of aromatic nitrogens is 2. The van der Waals surface area contributed by atoms with E-state index in [1.807, 2.05) is 6.20 Å². The number of hydrogen-bond acceptors (Lipinski definition) is 2. The Morgan fingerprint density at radius 3 is 2.84 bits per heavy atom. The molecule has 0 fully saturated rings. The minimum Gasteiger partial charge on any atom is -0.306 e. The summed E-state index contributed by atoms with van der Waals surface area (Å²) in [5.74, 6) is 0. The molecule has 2 nitrogen and oxygen atoms in total. The third kappa shape index (κ3) is 1.66. The molecule has 3 heterocycles. The summed E-state index contributed by atoms with van der Waals surface area (Å²) in [6.07, 6.45) is 4.15. The Bertz CT molecular complexity index is 853. The van der Waals surface area contributed by atoms with Crippen LogP contribution in [0.15, 0.2) is 54.9 Å². The minimum absolute atomic E-state index is 1.04. The number of fused-ring (bicyclic) bond motifs is 2. The number of thiophene rings is 1. The van der Waals surface area contributed by atoms with Gasteiger partial charge in [0.25, 0.3) is 0 Å². The number of benzene rings is 1. The van der Waals surface area contributed by atoms with Crippen LogP contribution in [-0.4, -0.2) is 9.38 Å². The predicted octanol–water partition coefficient (Wildman–Crippen LogP) is 4.52. The summed E-state index contributed by atoms with van der Waals surface area (Å²) < 4.78 is 3.40. The Labute approximate surface area is 115 Å². The van der Waals surface area contributed by atoms with Crippen LogP contribution in [0.4, 0.5) is 0 Å². The van der Waals surface area contributed by atoms with Crippen LogP contribution in [0.25, 0.3) is 26.3 Å². The van der Waals surface area contributed by atoms with Crippen molar-refractivity contribution in [2.24, 2.45) is 0 Å². The SMILES string of the molecule is Cc1cccn2cc(-c3cc4ccccc4s3)nc12. The average molecular weight is 264 g/mol. The van der Waals surface area contributed by atoms with Crippen LogP contribution in [-0.2, 0) is 0 Å². The Kier molecular flexibility index (Phi) is 2.23.